The van der Waals surface area contributed by atoms with Crippen molar-refractivity contribution in [1.82, 2.24) is 9.88 Å². The van der Waals surface area contributed by atoms with E-state index in [1.807, 2.05) is 6.20 Å². The van der Waals surface area contributed by atoms with Crippen molar-refractivity contribution in [2.24, 2.45) is 5.92 Å². The number of likely N-dealkylation sites (tertiary alicyclic amines) is 1. The van der Waals surface area contributed by atoms with Crippen molar-refractivity contribution in [3.8, 4) is 0 Å². The maximum absolute atomic E-state index is 4.57. The minimum Gasteiger partial charge on any atom is -0.367 e. The molecule has 3 heterocycles. The number of hydrogen-bond donors (Lipinski definition) is 0. The normalized spacial score (nSPS) is 29.0. The third kappa shape index (κ3) is 2.51. The van der Waals surface area contributed by atoms with Crippen molar-refractivity contribution < 1.29 is 0 Å². The molecule has 0 radical (unpaired) electrons. The van der Waals surface area contributed by atoms with Gasteiger partial charge in [-0.05, 0) is 55.4 Å². The molecule has 3 heteroatoms. The number of piperidine rings is 1. The molecule has 0 N–H and O–H groups in total. The first-order valence-corrected chi connectivity index (χ1v) is 9.35. The second-order valence-corrected chi connectivity index (χ2v) is 7.70. The first-order valence-electron chi connectivity index (χ1n) is 9.35. The zero-order valence-electron chi connectivity index (χ0n) is 14.1. The number of anilines is 1. The fourth-order valence-electron chi connectivity index (χ4n) is 5.06. The Balaban J connectivity index is 1.26. The fourth-order valence-corrected chi connectivity index (χ4v) is 5.06. The molecule has 1 unspecified atom stereocenters. The van der Waals surface area contributed by atoms with Gasteiger partial charge in [-0.25, -0.2) is 0 Å². The van der Waals surface area contributed by atoms with Gasteiger partial charge in [0.25, 0.3) is 0 Å². The van der Waals surface area contributed by atoms with Crippen LogP contribution in [-0.2, 0) is 12.8 Å². The molecule has 0 saturated carbocycles. The van der Waals surface area contributed by atoms with E-state index in [0.29, 0.717) is 0 Å². The molecule has 124 valence electrons. The third-order valence-electron chi connectivity index (χ3n) is 6.21. The summed E-state index contributed by atoms with van der Waals surface area (Å²) in [5, 5.41) is 0. The Hall–Kier alpha value is -1.87. The van der Waals surface area contributed by atoms with Crippen molar-refractivity contribution >= 4 is 5.69 Å². The van der Waals surface area contributed by atoms with E-state index in [-0.39, 0.29) is 0 Å². The van der Waals surface area contributed by atoms with Gasteiger partial charge in [0, 0.05) is 49.3 Å². The highest BCUT2D eigenvalue weighted by molar-refractivity contribution is 5.49. The van der Waals surface area contributed by atoms with E-state index in [9.17, 15) is 0 Å². The van der Waals surface area contributed by atoms with Crippen LogP contribution in [0.4, 0.5) is 5.69 Å². The lowest BCUT2D eigenvalue weighted by molar-refractivity contribution is 0.151. The molecule has 0 spiro atoms. The molecule has 2 saturated heterocycles. The van der Waals surface area contributed by atoms with Crippen molar-refractivity contribution in [1.29, 1.82) is 0 Å². The molecule has 1 aliphatic carbocycles. The summed E-state index contributed by atoms with van der Waals surface area (Å²) in [7, 11) is 0. The molecule has 24 heavy (non-hydrogen) atoms. The first kappa shape index (κ1) is 14.5. The lowest BCUT2D eigenvalue weighted by Gasteiger charge is -2.34. The second kappa shape index (κ2) is 5.89. The highest BCUT2D eigenvalue weighted by Crippen LogP contribution is 2.35. The molecule has 3 aliphatic rings. The monoisotopic (exact) mass is 319 g/mol. The summed E-state index contributed by atoms with van der Waals surface area (Å²) < 4.78 is 0. The number of pyridine rings is 1. The standard InChI is InChI=1S/C21H25N3/c1-2-6-18(7-3-1)24-15-20-13-19(24)8-10-23(20)14-16-11-17-5-4-9-22-21(17)12-16/h1-7,9,16,19-20H,8,10-15H2/t16?,19-,20+/m1/s1. The summed E-state index contributed by atoms with van der Waals surface area (Å²) in [6.07, 6.45) is 6.99. The molecule has 3 atom stereocenters. The number of rotatable bonds is 3. The minimum atomic E-state index is 0.737. The molecule has 2 aromatic rings. The van der Waals surface area contributed by atoms with Gasteiger partial charge in [-0.2, -0.15) is 0 Å². The van der Waals surface area contributed by atoms with Gasteiger partial charge in [0.1, 0.15) is 0 Å². The smallest absolute Gasteiger partial charge is 0.0439 e. The average Bonchev–Trinajstić information content (AvgIpc) is 3.19. The molecule has 2 fully saturated rings. The molecule has 2 bridgehead atoms. The van der Waals surface area contributed by atoms with Crippen molar-refractivity contribution in [3.05, 3.63) is 59.9 Å². The fraction of sp³-hybridized carbons (Fsp3) is 0.476. The van der Waals surface area contributed by atoms with Crippen LogP contribution in [0.5, 0.6) is 0 Å². The van der Waals surface area contributed by atoms with Gasteiger partial charge < -0.3 is 4.90 Å². The topological polar surface area (TPSA) is 19.4 Å². The van der Waals surface area contributed by atoms with Gasteiger partial charge in [0.15, 0.2) is 0 Å². The Morgan fingerprint density at radius 2 is 1.92 bits per heavy atom. The predicted octanol–water partition coefficient (Wildman–Crippen LogP) is 3.15. The quantitative estimate of drug-likeness (QED) is 0.866. The lowest BCUT2D eigenvalue weighted by Crippen LogP contribution is -2.43. The van der Waals surface area contributed by atoms with E-state index in [1.165, 1.54) is 62.3 Å². The number of hydrogen-bond acceptors (Lipinski definition) is 3. The van der Waals surface area contributed by atoms with E-state index >= 15 is 0 Å². The van der Waals surface area contributed by atoms with Crippen LogP contribution in [0.15, 0.2) is 48.7 Å². The van der Waals surface area contributed by atoms with Gasteiger partial charge in [-0.3, -0.25) is 9.88 Å². The van der Waals surface area contributed by atoms with Crippen LogP contribution in [0.2, 0.25) is 0 Å². The number of fused-ring (bicyclic) bond motifs is 3. The Morgan fingerprint density at radius 3 is 2.79 bits per heavy atom. The van der Waals surface area contributed by atoms with Gasteiger partial charge in [0.05, 0.1) is 0 Å². The number of aromatic nitrogens is 1. The van der Waals surface area contributed by atoms with Crippen molar-refractivity contribution in [2.45, 2.75) is 37.8 Å². The largest absolute Gasteiger partial charge is 0.367 e. The molecular weight excluding hydrogens is 294 g/mol. The van der Waals surface area contributed by atoms with E-state index in [0.717, 1.165) is 18.0 Å². The Kier molecular flexibility index (Phi) is 3.55. The summed E-state index contributed by atoms with van der Waals surface area (Å²) in [4.78, 5) is 10.00. The van der Waals surface area contributed by atoms with Crippen LogP contribution in [0, 0.1) is 5.92 Å². The summed E-state index contributed by atoms with van der Waals surface area (Å²) in [6.45, 7) is 3.71. The lowest BCUT2D eigenvalue weighted by atomic mass is 9.99. The first-order chi connectivity index (χ1) is 11.9. The maximum atomic E-state index is 4.57. The van der Waals surface area contributed by atoms with E-state index in [1.54, 1.807) is 0 Å². The molecule has 3 nitrogen and oxygen atoms in total. The summed E-state index contributed by atoms with van der Waals surface area (Å²) >= 11 is 0. The SMILES string of the molecule is c1ccc(N2C[C@@H]3C[C@H]2CCN3CC2Cc3cccnc3C2)cc1. The molecular formula is C21H25N3. The Bertz CT molecular complexity index is 689. The van der Waals surface area contributed by atoms with Crippen LogP contribution >= 0.6 is 0 Å². The molecule has 0 amide bonds. The van der Waals surface area contributed by atoms with Crippen LogP contribution in [0.3, 0.4) is 0 Å². The third-order valence-corrected chi connectivity index (χ3v) is 6.21. The number of nitrogens with zero attached hydrogens (tertiary/aromatic N) is 3. The van der Waals surface area contributed by atoms with Crippen LogP contribution in [0.25, 0.3) is 0 Å². The summed E-state index contributed by atoms with van der Waals surface area (Å²) in [6, 6.07) is 16.8. The molecule has 2 aliphatic heterocycles. The number of para-hydroxylation sites is 1. The van der Waals surface area contributed by atoms with Crippen LogP contribution in [0.1, 0.15) is 24.1 Å². The molecule has 1 aromatic heterocycles. The van der Waals surface area contributed by atoms with E-state index < -0.39 is 0 Å². The average molecular weight is 319 g/mol. The number of benzene rings is 1. The van der Waals surface area contributed by atoms with E-state index in [2.05, 4.69) is 57.2 Å². The summed E-state index contributed by atoms with van der Waals surface area (Å²) in [5.74, 6) is 0.761. The van der Waals surface area contributed by atoms with Gasteiger partial charge in [-0.1, -0.05) is 24.3 Å². The molecule has 1 aromatic carbocycles. The highest BCUT2D eigenvalue weighted by Gasteiger charge is 2.40. The zero-order chi connectivity index (χ0) is 15.9. The molecule has 5 rings (SSSR count). The van der Waals surface area contributed by atoms with Crippen LogP contribution < -0.4 is 4.90 Å². The second-order valence-electron chi connectivity index (χ2n) is 7.70. The van der Waals surface area contributed by atoms with Gasteiger partial charge in [0.2, 0.25) is 0 Å². The maximum Gasteiger partial charge on any atom is 0.0439 e. The summed E-state index contributed by atoms with van der Waals surface area (Å²) in [5.41, 5.74) is 4.23. The van der Waals surface area contributed by atoms with E-state index in [4.69, 9.17) is 0 Å². The highest BCUT2D eigenvalue weighted by atomic mass is 15.3. The Morgan fingerprint density at radius 1 is 1.00 bits per heavy atom. The minimum absolute atomic E-state index is 0.737. The predicted molar refractivity (Wildman–Crippen MR) is 97.3 cm³/mol. The zero-order valence-corrected chi connectivity index (χ0v) is 14.1. The van der Waals surface area contributed by atoms with Gasteiger partial charge in [-0.15, -0.1) is 0 Å². The van der Waals surface area contributed by atoms with Gasteiger partial charge >= 0.3 is 0 Å². The Labute approximate surface area is 144 Å². The van der Waals surface area contributed by atoms with Crippen molar-refractivity contribution in [2.75, 3.05) is 24.5 Å². The van der Waals surface area contributed by atoms with Crippen LogP contribution in [-0.4, -0.2) is 41.6 Å². The van der Waals surface area contributed by atoms with Crippen molar-refractivity contribution in [3.63, 3.8) is 0 Å².